The lowest BCUT2D eigenvalue weighted by Crippen LogP contribution is -2.42. The number of benzene rings is 1. The maximum Gasteiger partial charge on any atom is 0.387 e. The van der Waals surface area contributed by atoms with Crippen LogP contribution in [0.25, 0.3) is 0 Å². The van der Waals surface area contributed by atoms with E-state index in [1.807, 2.05) is 0 Å². The van der Waals surface area contributed by atoms with Crippen LogP contribution in [0.3, 0.4) is 0 Å². The van der Waals surface area contributed by atoms with E-state index < -0.39 is 18.2 Å². The van der Waals surface area contributed by atoms with Crippen molar-refractivity contribution in [1.29, 1.82) is 0 Å². The molecular formula is C16H18F2N2O4. The lowest BCUT2D eigenvalue weighted by molar-refractivity contribution is -0.132. The van der Waals surface area contributed by atoms with Gasteiger partial charge in [0.25, 0.3) is 5.91 Å². The molecule has 24 heavy (non-hydrogen) atoms. The Morgan fingerprint density at radius 2 is 2.08 bits per heavy atom. The van der Waals surface area contributed by atoms with Gasteiger partial charge in [-0.2, -0.15) is 8.78 Å². The summed E-state index contributed by atoms with van der Waals surface area (Å²) in [6.45, 7) is -0.475. The molecule has 0 saturated carbocycles. The Kier molecular flexibility index (Phi) is 4.40. The fourth-order valence-electron chi connectivity index (χ4n) is 3.02. The van der Waals surface area contributed by atoms with Crippen molar-refractivity contribution in [2.45, 2.75) is 38.0 Å². The van der Waals surface area contributed by atoms with E-state index in [0.29, 0.717) is 12.2 Å². The minimum atomic E-state index is -2.92. The third-order valence-electron chi connectivity index (χ3n) is 4.34. The van der Waals surface area contributed by atoms with Crippen molar-refractivity contribution in [3.8, 4) is 5.75 Å². The summed E-state index contributed by atoms with van der Waals surface area (Å²) in [6.07, 6.45) is 1.59. The van der Waals surface area contributed by atoms with Crippen LogP contribution in [-0.2, 0) is 15.1 Å². The van der Waals surface area contributed by atoms with E-state index in [4.69, 9.17) is 4.74 Å². The molecule has 3 rings (SSSR count). The number of alkyl halides is 2. The van der Waals surface area contributed by atoms with E-state index in [0.717, 1.165) is 17.7 Å². The topological polar surface area (TPSA) is 67.9 Å². The molecule has 2 aliphatic heterocycles. The number of hydrogen-bond donors (Lipinski definition) is 1. The average Bonchev–Trinajstić information content (AvgIpc) is 3.11. The summed E-state index contributed by atoms with van der Waals surface area (Å²) in [5.74, 6) is -0.393. The van der Waals surface area contributed by atoms with Gasteiger partial charge in [0.05, 0.1) is 12.6 Å². The first-order valence-corrected chi connectivity index (χ1v) is 7.71. The Bertz CT molecular complexity index is 631. The van der Waals surface area contributed by atoms with Crippen molar-refractivity contribution in [3.63, 3.8) is 0 Å². The number of nitrogens with zero attached hydrogens (tertiary/aromatic N) is 1. The Morgan fingerprint density at radius 1 is 1.38 bits per heavy atom. The highest BCUT2D eigenvalue weighted by Gasteiger charge is 2.49. The highest BCUT2D eigenvalue weighted by atomic mass is 19.3. The van der Waals surface area contributed by atoms with E-state index in [-0.39, 0.29) is 24.3 Å². The lowest BCUT2D eigenvalue weighted by Gasteiger charge is -2.23. The van der Waals surface area contributed by atoms with Gasteiger partial charge in [0.15, 0.2) is 0 Å². The predicted octanol–water partition coefficient (Wildman–Crippen LogP) is 2.23. The Labute approximate surface area is 137 Å². The van der Waals surface area contributed by atoms with Crippen molar-refractivity contribution in [2.75, 3.05) is 13.2 Å². The highest BCUT2D eigenvalue weighted by Crippen LogP contribution is 2.31. The molecule has 2 aliphatic rings. The lowest BCUT2D eigenvalue weighted by atomic mass is 9.92. The molecule has 0 unspecified atom stereocenters. The standard InChI is InChI=1S/C16H18F2N2O4/c1-16(10-4-6-11(7-5-10)24-14(17)18)13(21)20(15(22)19-16)9-12-3-2-8-23-12/h4-7,12,14H,2-3,8-9H2,1H3,(H,19,22)/t12-,16-/m1/s1. The van der Waals surface area contributed by atoms with Crippen molar-refractivity contribution in [1.82, 2.24) is 10.2 Å². The smallest absolute Gasteiger partial charge is 0.387 e. The molecule has 0 aromatic heterocycles. The summed E-state index contributed by atoms with van der Waals surface area (Å²) in [5, 5.41) is 2.67. The van der Waals surface area contributed by atoms with Crippen LogP contribution in [0.15, 0.2) is 24.3 Å². The number of urea groups is 1. The van der Waals surface area contributed by atoms with Crippen molar-refractivity contribution >= 4 is 11.9 Å². The molecule has 2 atom stereocenters. The third-order valence-corrected chi connectivity index (χ3v) is 4.34. The molecule has 0 aliphatic carbocycles. The zero-order valence-electron chi connectivity index (χ0n) is 13.1. The molecule has 0 spiro atoms. The van der Waals surface area contributed by atoms with Crippen LogP contribution in [0.2, 0.25) is 0 Å². The SMILES string of the molecule is C[C@]1(c2ccc(OC(F)F)cc2)NC(=O)N(C[C@H]2CCCO2)C1=O. The maximum atomic E-state index is 12.7. The number of halogens is 2. The second kappa shape index (κ2) is 6.35. The number of carbonyl (C=O) groups is 2. The molecule has 6 nitrogen and oxygen atoms in total. The Morgan fingerprint density at radius 3 is 2.67 bits per heavy atom. The normalized spacial score (nSPS) is 27.0. The van der Waals surface area contributed by atoms with Crippen LogP contribution < -0.4 is 10.1 Å². The first kappa shape index (κ1) is 16.6. The largest absolute Gasteiger partial charge is 0.435 e. The van der Waals surface area contributed by atoms with Gasteiger partial charge in [-0.1, -0.05) is 12.1 Å². The van der Waals surface area contributed by atoms with Gasteiger partial charge in [0, 0.05) is 6.61 Å². The second-order valence-corrected chi connectivity index (χ2v) is 6.01. The first-order chi connectivity index (χ1) is 11.4. The molecule has 2 saturated heterocycles. The number of carbonyl (C=O) groups excluding carboxylic acids is 2. The zero-order valence-corrected chi connectivity index (χ0v) is 13.1. The molecule has 2 heterocycles. The molecular weight excluding hydrogens is 322 g/mol. The number of amides is 3. The third kappa shape index (κ3) is 3.06. The van der Waals surface area contributed by atoms with Crippen LogP contribution in [-0.4, -0.2) is 42.7 Å². The average molecular weight is 340 g/mol. The van der Waals surface area contributed by atoms with Gasteiger partial charge in [-0.05, 0) is 37.5 Å². The molecule has 130 valence electrons. The quantitative estimate of drug-likeness (QED) is 0.835. The number of imide groups is 1. The van der Waals surface area contributed by atoms with Crippen LogP contribution in [0.5, 0.6) is 5.75 Å². The summed E-state index contributed by atoms with van der Waals surface area (Å²) < 4.78 is 34.2. The number of nitrogens with one attached hydrogen (secondary N) is 1. The highest BCUT2D eigenvalue weighted by molar-refractivity contribution is 6.07. The second-order valence-electron chi connectivity index (χ2n) is 6.01. The first-order valence-electron chi connectivity index (χ1n) is 7.71. The summed E-state index contributed by atoms with van der Waals surface area (Å²) >= 11 is 0. The van der Waals surface area contributed by atoms with E-state index in [2.05, 4.69) is 10.1 Å². The van der Waals surface area contributed by atoms with Crippen LogP contribution >= 0.6 is 0 Å². The predicted molar refractivity (Wildman–Crippen MR) is 79.6 cm³/mol. The van der Waals surface area contributed by atoms with Crippen LogP contribution in [0.4, 0.5) is 13.6 Å². The summed E-state index contributed by atoms with van der Waals surface area (Å²) in [7, 11) is 0. The Hall–Kier alpha value is -2.22. The summed E-state index contributed by atoms with van der Waals surface area (Å²) in [5.41, 5.74) is -0.740. The number of ether oxygens (including phenoxy) is 2. The van der Waals surface area contributed by atoms with E-state index in [9.17, 15) is 18.4 Å². The maximum absolute atomic E-state index is 12.7. The van der Waals surface area contributed by atoms with E-state index >= 15 is 0 Å². The molecule has 1 N–H and O–H groups in total. The van der Waals surface area contributed by atoms with Crippen molar-refractivity contribution in [2.24, 2.45) is 0 Å². The van der Waals surface area contributed by atoms with Crippen molar-refractivity contribution < 1.29 is 27.8 Å². The Balaban J connectivity index is 1.76. The molecule has 0 radical (unpaired) electrons. The van der Waals surface area contributed by atoms with E-state index in [1.54, 1.807) is 6.92 Å². The fraction of sp³-hybridized carbons (Fsp3) is 0.500. The number of rotatable bonds is 5. The molecule has 3 amide bonds. The minimum Gasteiger partial charge on any atom is -0.435 e. The summed E-state index contributed by atoms with van der Waals surface area (Å²) in [6, 6.07) is 5.19. The van der Waals surface area contributed by atoms with Gasteiger partial charge in [0.1, 0.15) is 11.3 Å². The molecule has 2 fully saturated rings. The van der Waals surface area contributed by atoms with Gasteiger partial charge in [-0.3, -0.25) is 9.69 Å². The van der Waals surface area contributed by atoms with Gasteiger partial charge < -0.3 is 14.8 Å². The summed E-state index contributed by atoms with van der Waals surface area (Å²) in [4.78, 5) is 26.1. The van der Waals surface area contributed by atoms with Crippen molar-refractivity contribution in [3.05, 3.63) is 29.8 Å². The van der Waals surface area contributed by atoms with Gasteiger partial charge in [-0.25, -0.2) is 4.79 Å². The van der Waals surface area contributed by atoms with Gasteiger partial charge in [-0.15, -0.1) is 0 Å². The molecule has 8 heteroatoms. The number of hydrogen-bond acceptors (Lipinski definition) is 4. The molecule has 0 bridgehead atoms. The van der Waals surface area contributed by atoms with Crippen LogP contribution in [0.1, 0.15) is 25.3 Å². The van der Waals surface area contributed by atoms with Gasteiger partial charge in [0.2, 0.25) is 0 Å². The zero-order chi connectivity index (χ0) is 17.3. The molecule has 1 aromatic rings. The monoisotopic (exact) mass is 340 g/mol. The molecule has 1 aromatic carbocycles. The minimum absolute atomic E-state index is 0.00895. The fourth-order valence-corrected chi connectivity index (χ4v) is 3.02. The van der Waals surface area contributed by atoms with Crippen LogP contribution in [0, 0.1) is 0 Å². The van der Waals surface area contributed by atoms with Gasteiger partial charge >= 0.3 is 12.6 Å². The van der Waals surface area contributed by atoms with E-state index in [1.165, 1.54) is 24.3 Å².